The molecular formula is C26H26FN5O. The first kappa shape index (κ1) is 20.3. The number of benzene rings is 1. The first-order valence-corrected chi connectivity index (χ1v) is 11.6. The molecule has 2 fully saturated rings. The van der Waals surface area contributed by atoms with Crippen LogP contribution in [-0.2, 0) is 5.54 Å². The zero-order valence-corrected chi connectivity index (χ0v) is 18.8. The maximum atomic E-state index is 13.3. The van der Waals surface area contributed by atoms with Gasteiger partial charge in [-0.3, -0.25) is 9.78 Å². The molecule has 1 aromatic carbocycles. The molecular weight excluding hydrogens is 417 g/mol. The van der Waals surface area contributed by atoms with Crippen molar-refractivity contribution in [3.8, 4) is 0 Å². The highest BCUT2D eigenvalue weighted by Gasteiger charge is 2.55. The number of carbonyl (C=O) groups is 1. The van der Waals surface area contributed by atoms with Gasteiger partial charge in [0.1, 0.15) is 17.5 Å². The first-order chi connectivity index (χ1) is 15.9. The minimum absolute atomic E-state index is 0.196. The third kappa shape index (κ3) is 3.29. The highest BCUT2D eigenvalue weighted by molar-refractivity contribution is 5.95. The van der Waals surface area contributed by atoms with E-state index in [9.17, 15) is 9.18 Å². The Morgan fingerprint density at radius 3 is 2.58 bits per heavy atom. The topological polar surface area (TPSA) is 71.0 Å². The molecule has 0 spiro atoms. The van der Waals surface area contributed by atoms with Gasteiger partial charge in [0.2, 0.25) is 0 Å². The third-order valence-electron chi connectivity index (χ3n) is 7.63. The van der Waals surface area contributed by atoms with Crippen molar-refractivity contribution < 1.29 is 9.18 Å². The average molecular weight is 444 g/mol. The molecule has 0 radical (unpaired) electrons. The van der Waals surface area contributed by atoms with Gasteiger partial charge in [-0.15, -0.1) is 0 Å². The number of pyridine rings is 1. The summed E-state index contributed by atoms with van der Waals surface area (Å²) in [7, 11) is 0. The molecule has 1 amide bonds. The van der Waals surface area contributed by atoms with Crippen molar-refractivity contribution in [2.45, 2.75) is 44.6 Å². The summed E-state index contributed by atoms with van der Waals surface area (Å²) in [5.74, 6) is 2.42. The van der Waals surface area contributed by atoms with Crippen LogP contribution in [0.15, 0.2) is 48.7 Å². The minimum atomic E-state index is -0.479. The van der Waals surface area contributed by atoms with E-state index >= 15 is 0 Å². The molecule has 6 rings (SSSR count). The molecule has 2 aromatic heterocycles. The molecule has 7 heteroatoms. The number of nitrogens with zero attached hydrogens (tertiary/aromatic N) is 4. The highest BCUT2D eigenvalue weighted by Crippen LogP contribution is 2.55. The number of fused-ring (bicyclic) bond motifs is 3. The van der Waals surface area contributed by atoms with Gasteiger partial charge in [0.25, 0.3) is 5.91 Å². The number of amides is 1. The van der Waals surface area contributed by atoms with E-state index in [1.165, 1.54) is 30.7 Å². The van der Waals surface area contributed by atoms with Crippen molar-refractivity contribution in [3.63, 3.8) is 0 Å². The maximum Gasteiger partial charge on any atom is 0.252 e. The number of rotatable bonds is 4. The monoisotopic (exact) mass is 443 g/mol. The molecule has 3 heterocycles. The number of aromatic nitrogens is 3. The molecule has 1 N–H and O–H groups in total. The molecule has 6 nitrogen and oxygen atoms in total. The van der Waals surface area contributed by atoms with E-state index in [0.717, 1.165) is 48.1 Å². The van der Waals surface area contributed by atoms with Gasteiger partial charge in [0.05, 0.1) is 22.6 Å². The molecule has 168 valence electrons. The molecule has 3 aliphatic rings. The molecule has 2 saturated carbocycles. The molecule has 3 aromatic rings. The summed E-state index contributed by atoms with van der Waals surface area (Å²) in [6, 6.07) is 11.8. The lowest BCUT2D eigenvalue weighted by molar-refractivity contribution is 0.0925. The fourth-order valence-electron chi connectivity index (χ4n) is 5.40. The van der Waals surface area contributed by atoms with Crippen LogP contribution in [0.4, 0.5) is 15.9 Å². The second-order valence-corrected chi connectivity index (χ2v) is 9.65. The van der Waals surface area contributed by atoms with Gasteiger partial charge in [0.15, 0.2) is 0 Å². The van der Waals surface area contributed by atoms with Crippen molar-refractivity contribution in [1.82, 2.24) is 20.3 Å². The smallest absolute Gasteiger partial charge is 0.252 e. The van der Waals surface area contributed by atoms with Crippen LogP contribution in [-0.4, -0.2) is 27.4 Å². The van der Waals surface area contributed by atoms with Crippen LogP contribution in [0.5, 0.6) is 0 Å². The predicted octanol–water partition coefficient (Wildman–Crippen LogP) is 4.63. The van der Waals surface area contributed by atoms with E-state index < -0.39 is 5.54 Å². The molecule has 2 aliphatic carbocycles. The van der Waals surface area contributed by atoms with E-state index in [0.29, 0.717) is 17.4 Å². The van der Waals surface area contributed by atoms with Crippen LogP contribution in [0.2, 0.25) is 0 Å². The number of hydrogen-bond acceptors (Lipinski definition) is 5. The van der Waals surface area contributed by atoms with E-state index in [1.54, 1.807) is 6.20 Å². The van der Waals surface area contributed by atoms with Crippen molar-refractivity contribution >= 4 is 17.4 Å². The summed E-state index contributed by atoms with van der Waals surface area (Å²) in [6.45, 7) is 4.98. The number of hydrogen-bond donors (Lipinski definition) is 1. The first-order valence-electron chi connectivity index (χ1n) is 11.6. The molecule has 33 heavy (non-hydrogen) atoms. The zero-order chi connectivity index (χ0) is 22.7. The normalized spacial score (nSPS) is 27.2. The van der Waals surface area contributed by atoms with Crippen molar-refractivity contribution in [2.75, 3.05) is 11.4 Å². The lowest BCUT2D eigenvalue weighted by Gasteiger charge is -2.46. The fourth-order valence-corrected chi connectivity index (χ4v) is 5.40. The molecule has 0 saturated heterocycles. The Balaban J connectivity index is 1.35. The Morgan fingerprint density at radius 2 is 1.91 bits per heavy atom. The molecule has 1 unspecified atom stereocenters. The molecule has 1 aliphatic heterocycles. The van der Waals surface area contributed by atoms with Crippen LogP contribution < -0.4 is 10.2 Å². The van der Waals surface area contributed by atoms with Gasteiger partial charge in [-0.25, -0.2) is 14.4 Å². The summed E-state index contributed by atoms with van der Waals surface area (Å²) in [6.07, 6.45) is 4.99. The lowest BCUT2D eigenvalue weighted by atomic mass is 9.69. The van der Waals surface area contributed by atoms with Crippen molar-refractivity contribution in [1.29, 1.82) is 0 Å². The molecule has 4 atom stereocenters. The largest absolute Gasteiger partial charge is 0.341 e. The second-order valence-electron chi connectivity index (χ2n) is 9.65. The summed E-state index contributed by atoms with van der Waals surface area (Å²) in [5, 5.41) is 3.21. The Bertz CT molecular complexity index is 1250. The Hall–Kier alpha value is -3.35. The zero-order valence-electron chi connectivity index (χ0n) is 18.8. The number of carbonyl (C=O) groups excluding carboxylic acids is 1. The summed E-state index contributed by atoms with van der Waals surface area (Å²) in [5.41, 5.74) is 3.10. The lowest BCUT2D eigenvalue weighted by Crippen LogP contribution is -2.42. The number of aryl methyl sites for hydroxylation is 1. The summed E-state index contributed by atoms with van der Waals surface area (Å²) >= 11 is 0. The van der Waals surface area contributed by atoms with Crippen LogP contribution in [0, 0.1) is 24.6 Å². The Labute approximate surface area is 192 Å². The van der Waals surface area contributed by atoms with Gasteiger partial charge < -0.3 is 10.2 Å². The quantitative estimate of drug-likeness (QED) is 0.637. The number of halogens is 1. The van der Waals surface area contributed by atoms with Gasteiger partial charge in [-0.05, 0) is 80.5 Å². The van der Waals surface area contributed by atoms with Crippen molar-refractivity contribution in [3.05, 3.63) is 77.3 Å². The average Bonchev–Trinajstić information content (AvgIpc) is 3.43. The van der Waals surface area contributed by atoms with E-state index in [1.807, 2.05) is 19.1 Å². The van der Waals surface area contributed by atoms with Gasteiger partial charge in [-0.2, -0.15) is 0 Å². The fraction of sp³-hybridized carbons (Fsp3) is 0.385. The van der Waals surface area contributed by atoms with Gasteiger partial charge >= 0.3 is 0 Å². The van der Waals surface area contributed by atoms with Gasteiger partial charge in [0, 0.05) is 24.2 Å². The van der Waals surface area contributed by atoms with Crippen LogP contribution in [0.3, 0.4) is 0 Å². The summed E-state index contributed by atoms with van der Waals surface area (Å²) < 4.78 is 13.3. The predicted molar refractivity (Wildman–Crippen MR) is 123 cm³/mol. The second kappa shape index (κ2) is 7.33. The van der Waals surface area contributed by atoms with E-state index in [-0.39, 0.29) is 17.6 Å². The molecule has 0 bridgehead atoms. The Kier molecular flexibility index (Phi) is 4.50. The van der Waals surface area contributed by atoms with Crippen LogP contribution >= 0.6 is 0 Å². The standard InChI is InChI=1S/C26H26FN5O/c1-15-13-26(15,31-25(33)17-3-6-19(27)7-4-17)22-10-9-21-24(30-22)20-8-5-18(20)14-32(21)23-11-12-28-16(2)29-23/h3-4,6-7,9-12,15,18,20H,5,8,13-14H2,1-2H3,(H,31,33)/t15-,18+,20+,26?/m0/s1. The third-order valence-corrected chi connectivity index (χ3v) is 7.63. The summed E-state index contributed by atoms with van der Waals surface area (Å²) in [4.78, 5) is 29.3. The Morgan fingerprint density at radius 1 is 1.12 bits per heavy atom. The van der Waals surface area contributed by atoms with Gasteiger partial charge in [-0.1, -0.05) is 6.92 Å². The van der Waals surface area contributed by atoms with Crippen LogP contribution in [0.1, 0.15) is 59.7 Å². The minimum Gasteiger partial charge on any atom is -0.341 e. The number of anilines is 2. The van der Waals surface area contributed by atoms with E-state index in [2.05, 4.69) is 33.2 Å². The maximum absolute atomic E-state index is 13.3. The number of nitrogens with one attached hydrogen (secondary N) is 1. The van der Waals surface area contributed by atoms with Crippen LogP contribution in [0.25, 0.3) is 0 Å². The van der Waals surface area contributed by atoms with E-state index in [4.69, 9.17) is 4.98 Å². The highest BCUT2D eigenvalue weighted by atomic mass is 19.1. The SMILES string of the molecule is Cc1nccc(N2C[C@H]3CC[C@H]3c3nc(C4(NC(=O)c5ccc(F)cc5)C[C@@H]4C)ccc32)n1. The van der Waals surface area contributed by atoms with Crippen molar-refractivity contribution in [2.24, 2.45) is 11.8 Å².